The lowest BCUT2D eigenvalue weighted by atomic mass is 9.90. The van der Waals surface area contributed by atoms with Crippen LogP contribution in [0.2, 0.25) is 0 Å². The number of pyridine rings is 2. The standard InChI is InChI=1S/C40H26N4S2/c1-4-15-29-23(10-1)28-22-33-37(42-40(28)44(29)32-17-8-14-27-25-12-3-6-20-35(25)46-39(27)32)36-30(18-9-21-41-36)43(33)31-16-7-13-26-24-11-2-5-19-34(24)45-38(26)31/h1-22,26-27,38-39H. The molecule has 4 aromatic heterocycles. The van der Waals surface area contributed by atoms with Gasteiger partial charge in [-0.3, -0.25) is 9.55 Å². The molecule has 4 nitrogen and oxygen atoms in total. The van der Waals surface area contributed by atoms with Crippen LogP contribution in [0.15, 0.2) is 143 Å². The van der Waals surface area contributed by atoms with E-state index in [1.807, 2.05) is 29.7 Å². The van der Waals surface area contributed by atoms with Gasteiger partial charge in [0.1, 0.15) is 16.7 Å². The maximum absolute atomic E-state index is 5.58. The van der Waals surface area contributed by atoms with Crippen molar-refractivity contribution in [2.24, 2.45) is 0 Å². The largest absolute Gasteiger partial charge is 0.309 e. The summed E-state index contributed by atoms with van der Waals surface area (Å²) in [5.41, 5.74) is 11.7. The van der Waals surface area contributed by atoms with Crippen molar-refractivity contribution in [3.63, 3.8) is 0 Å². The first-order valence-corrected chi connectivity index (χ1v) is 17.6. The smallest absolute Gasteiger partial charge is 0.146 e. The minimum absolute atomic E-state index is 0.288. The number of benzene rings is 3. The SMILES string of the molecule is C1=CC2c3ccccc3SC2C(n2c3cccnc3c3nc4c(cc32)c2ccccc2n4C2=CC=CC3c4ccccc4SC23)=C1. The van der Waals surface area contributed by atoms with Gasteiger partial charge in [0.2, 0.25) is 0 Å². The second-order valence-electron chi connectivity index (χ2n) is 12.4. The highest BCUT2D eigenvalue weighted by atomic mass is 32.2. The molecular weight excluding hydrogens is 601 g/mol. The average molecular weight is 627 g/mol. The molecule has 218 valence electrons. The molecule has 6 heteroatoms. The molecule has 0 spiro atoms. The highest BCUT2D eigenvalue weighted by Crippen LogP contribution is 2.54. The Morgan fingerprint density at radius 3 is 1.93 bits per heavy atom. The normalized spacial score (nSPS) is 22.7. The first kappa shape index (κ1) is 25.4. The van der Waals surface area contributed by atoms with E-state index >= 15 is 0 Å². The van der Waals surface area contributed by atoms with Gasteiger partial charge in [0.25, 0.3) is 0 Å². The van der Waals surface area contributed by atoms with Crippen molar-refractivity contribution >= 4 is 78.9 Å². The third-order valence-electron chi connectivity index (χ3n) is 10.1. The quantitative estimate of drug-likeness (QED) is 0.191. The Bertz CT molecular complexity index is 2400. The number of hydrogen-bond acceptors (Lipinski definition) is 4. The molecule has 4 atom stereocenters. The van der Waals surface area contributed by atoms with Crippen LogP contribution in [0.1, 0.15) is 23.0 Å². The van der Waals surface area contributed by atoms with Crippen molar-refractivity contribution in [3.8, 4) is 0 Å². The van der Waals surface area contributed by atoms with E-state index in [4.69, 9.17) is 9.97 Å². The maximum atomic E-state index is 5.58. The van der Waals surface area contributed by atoms with Crippen LogP contribution in [0, 0.1) is 0 Å². The molecule has 46 heavy (non-hydrogen) atoms. The molecule has 0 saturated carbocycles. The Kier molecular flexibility index (Phi) is 5.18. The Morgan fingerprint density at radius 2 is 1.20 bits per heavy atom. The molecule has 4 unspecified atom stereocenters. The minimum atomic E-state index is 0.288. The second-order valence-corrected chi connectivity index (χ2v) is 14.8. The summed E-state index contributed by atoms with van der Waals surface area (Å²) in [6.45, 7) is 0. The van der Waals surface area contributed by atoms with Crippen LogP contribution in [-0.2, 0) is 0 Å². The summed E-state index contributed by atoms with van der Waals surface area (Å²) in [6, 6.07) is 33.2. The lowest BCUT2D eigenvalue weighted by molar-refractivity contribution is 0.861. The molecule has 2 aliphatic carbocycles. The summed E-state index contributed by atoms with van der Waals surface area (Å²) >= 11 is 3.95. The van der Waals surface area contributed by atoms with Gasteiger partial charge >= 0.3 is 0 Å². The molecule has 0 saturated heterocycles. The number of nitrogens with zero attached hydrogens (tertiary/aromatic N) is 4. The van der Waals surface area contributed by atoms with Crippen molar-refractivity contribution in [3.05, 3.63) is 145 Å². The fourth-order valence-electron chi connectivity index (χ4n) is 8.16. The van der Waals surface area contributed by atoms with Crippen LogP contribution in [0.4, 0.5) is 0 Å². The van der Waals surface area contributed by atoms with Crippen molar-refractivity contribution in [1.82, 2.24) is 19.1 Å². The predicted molar refractivity (Wildman–Crippen MR) is 193 cm³/mol. The van der Waals surface area contributed by atoms with Crippen molar-refractivity contribution in [2.75, 3.05) is 0 Å². The summed E-state index contributed by atoms with van der Waals surface area (Å²) in [4.78, 5) is 13.3. The van der Waals surface area contributed by atoms with E-state index < -0.39 is 0 Å². The zero-order valence-electron chi connectivity index (χ0n) is 24.6. The molecule has 4 aliphatic rings. The van der Waals surface area contributed by atoms with Crippen LogP contribution in [0.25, 0.3) is 55.4 Å². The predicted octanol–water partition coefficient (Wildman–Crippen LogP) is 10.0. The first-order valence-electron chi connectivity index (χ1n) is 15.8. The Labute approximate surface area is 273 Å². The number of thioether (sulfide) groups is 2. The molecule has 6 heterocycles. The van der Waals surface area contributed by atoms with E-state index in [1.165, 1.54) is 48.6 Å². The third-order valence-corrected chi connectivity index (χ3v) is 12.9. The number of rotatable bonds is 2. The Hall–Kier alpha value is -4.78. The third kappa shape index (κ3) is 3.33. The lowest BCUT2D eigenvalue weighted by Gasteiger charge is -2.25. The zero-order valence-corrected chi connectivity index (χ0v) is 26.2. The van der Waals surface area contributed by atoms with Gasteiger partial charge in [-0.25, -0.2) is 4.98 Å². The molecule has 2 aliphatic heterocycles. The van der Waals surface area contributed by atoms with Crippen LogP contribution >= 0.6 is 23.5 Å². The van der Waals surface area contributed by atoms with Gasteiger partial charge in [0.15, 0.2) is 0 Å². The number of para-hydroxylation sites is 1. The molecule has 0 N–H and O–H groups in total. The highest BCUT2D eigenvalue weighted by molar-refractivity contribution is 8.01. The topological polar surface area (TPSA) is 35.6 Å². The Morgan fingerprint density at radius 1 is 0.565 bits per heavy atom. The minimum Gasteiger partial charge on any atom is -0.309 e. The van der Waals surface area contributed by atoms with Crippen LogP contribution in [-0.4, -0.2) is 29.6 Å². The van der Waals surface area contributed by atoms with E-state index in [0.717, 1.165) is 27.7 Å². The van der Waals surface area contributed by atoms with Gasteiger partial charge in [-0.2, -0.15) is 0 Å². The van der Waals surface area contributed by atoms with Crippen LogP contribution < -0.4 is 0 Å². The van der Waals surface area contributed by atoms with Crippen LogP contribution in [0.3, 0.4) is 0 Å². The van der Waals surface area contributed by atoms with Gasteiger partial charge in [0.05, 0.1) is 27.0 Å². The van der Waals surface area contributed by atoms with E-state index in [-0.39, 0.29) is 10.5 Å². The highest BCUT2D eigenvalue weighted by Gasteiger charge is 2.39. The fourth-order valence-corrected chi connectivity index (χ4v) is 11.1. The van der Waals surface area contributed by atoms with Gasteiger partial charge in [0, 0.05) is 50.0 Å². The summed E-state index contributed by atoms with van der Waals surface area (Å²) in [5.74, 6) is 0.688. The second kappa shape index (κ2) is 9.38. The summed E-state index contributed by atoms with van der Waals surface area (Å²) in [5, 5.41) is 2.97. The van der Waals surface area contributed by atoms with Crippen molar-refractivity contribution < 1.29 is 0 Å². The van der Waals surface area contributed by atoms with E-state index in [0.29, 0.717) is 11.8 Å². The molecule has 0 fully saturated rings. The average Bonchev–Trinajstić information content (AvgIpc) is 3.85. The van der Waals surface area contributed by atoms with Crippen molar-refractivity contribution in [1.29, 1.82) is 0 Å². The molecule has 7 aromatic rings. The molecule has 3 aromatic carbocycles. The fraction of sp³-hybridized carbons (Fsp3) is 0.100. The molecule has 11 rings (SSSR count). The molecule has 0 bridgehead atoms. The number of allylic oxidation sites excluding steroid dienone is 6. The first-order chi connectivity index (χ1) is 22.8. The number of hydrogen-bond donors (Lipinski definition) is 0. The molecular formula is C40H26N4S2. The van der Waals surface area contributed by atoms with E-state index in [9.17, 15) is 0 Å². The summed E-state index contributed by atoms with van der Waals surface area (Å²) in [7, 11) is 0. The lowest BCUT2D eigenvalue weighted by Crippen LogP contribution is -2.18. The van der Waals surface area contributed by atoms with E-state index in [2.05, 4.69) is 137 Å². The van der Waals surface area contributed by atoms with Gasteiger partial charge in [-0.05, 0) is 59.7 Å². The molecule has 0 radical (unpaired) electrons. The van der Waals surface area contributed by atoms with Gasteiger partial charge in [-0.15, -0.1) is 23.5 Å². The zero-order chi connectivity index (χ0) is 29.9. The van der Waals surface area contributed by atoms with Crippen molar-refractivity contribution in [2.45, 2.75) is 32.1 Å². The number of fused-ring (bicyclic) bond motifs is 12. The maximum Gasteiger partial charge on any atom is 0.146 e. The molecule has 0 amide bonds. The summed E-state index contributed by atoms with van der Waals surface area (Å²) in [6.07, 6.45) is 15.7. The van der Waals surface area contributed by atoms with Gasteiger partial charge in [-0.1, -0.05) is 78.9 Å². The monoisotopic (exact) mass is 626 g/mol. The Balaban J connectivity index is 1.17. The van der Waals surface area contributed by atoms with Crippen LogP contribution in [0.5, 0.6) is 0 Å². The van der Waals surface area contributed by atoms with E-state index in [1.54, 1.807) is 0 Å². The number of aromatic nitrogens is 4. The summed E-state index contributed by atoms with van der Waals surface area (Å²) < 4.78 is 4.87. The van der Waals surface area contributed by atoms with Gasteiger partial charge < -0.3 is 4.57 Å².